The highest BCUT2D eigenvalue weighted by atomic mass is 32.1. The highest BCUT2D eigenvalue weighted by Gasteiger charge is 2.14. The Labute approximate surface area is 136 Å². The molecule has 0 saturated heterocycles. The van der Waals surface area contributed by atoms with E-state index in [1.54, 1.807) is 25.6 Å². The van der Waals surface area contributed by atoms with Crippen molar-refractivity contribution in [3.05, 3.63) is 22.8 Å². The van der Waals surface area contributed by atoms with Gasteiger partial charge in [-0.15, -0.1) is 11.3 Å². The van der Waals surface area contributed by atoms with Gasteiger partial charge in [0.2, 0.25) is 0 Å². The van der Waals surface area contributed by atoms with Gasteiger partial charge in [-0.1, -0.05) is 0 Å². The molecule has 0 aromatic carbocycles. The quantitative estimate of drug-likeness (QED) is 0.809. The first-order valence-corrected chi connectivity index (χ1v) is 8.31. The van der Waals surface area contributed by atoms with Gasteiger partial charge in [-0.25, -0.2) is 4.98 Å². The highest BCUT2D eigenvalue weighted by Crippen LogP contribution is 2.30. The van der Waals surface area contributed by atoms with Crippen molar-refractivity contribution >= 4 is 16.5 Å². The normalized spacial score (nSPS) is 12.6. The van der Waals surface area contributed by atoms with Crippen molar-refractivity contribution < 1.29 is 9.47 Å². The van der Waals surface area contributed by atoms with Crippen LogP contribution >= 0.6 is 11.3 Å². The van der Waals surface area contributed by atoms with Crippen molar-refractivity contribution in [3.63, 3.8) is 0 Å². The first kappa shape index (κ1) is 17.0. The summed E-state index contributed by atoms with van der Waals surface area (Å²) in [6.45, 7) is 8.60. The molecule has 2 aromatic rings. The molecule has 0 aliphatic heterocycles. The number of ether oxygens (including phenoxy) is 2. The fourth-order valence-corrected chi connectivity index (χ4v) is 3.38. The van der Waals surface area contributed by atoms with Crippen molar-refractivity contribution in [1.82, 2.24) is 9.55 Å². The van der Waals surface area contributed by atoms with Gasteiger partial charge >= 0.3 is 0 Å². The molecule has 1 atom stereocenters. The van der Waals surface area contributed by atoms with Crippen LogP contribution in [0.2, 0.25) is 0 Å². The molecule has 122 valence electrons. The Balaban J connectivity index is 2.17. The van der Waals surface area contributed by atoms with E-state index in [9.17, 15) is 0 Å². The van der Waals surface area contributed by atoms with Crippen LogP contribution in [0, 0.1) is 13.8 Å². The number of aryl methyl sites for hydroxylation is 1. The molecule has 0 aliphatic rings. The van der Waals surface area contributed by atoms with E-state index in [2.05, 4.69) is 42.1 Å². The summed E-state index contributed by atoms with van der Waals surface area (Å²) >= 11 is 1.63. The van der Waals surface area contributed by atoms with Crippen LogP contribution in [0.4, 0.5) is 5.13 Å². The largest absolute Gasteiger partial charge is 0.383 e. The van der Waals surface area contributed by atoms with E-state index in [1.807, 2.05) is 0 Å². The molecule has 2 heterocycles. The molecule has 0 unspecified atom stereocenters. The lowest BCUT2D eigenvalue weighted by molar-refractivity contribution is 0.186. The molecule has 0 saturated carbocycles. The summed E-state index contributed by atoms with van der Waals surface area (Å²) < 4.78 is 12.6. The van der Waals surface area contributed by atoms with E-state index in [4.69, 9.17) is 14.5 Å². The first-order chi connectivity index (χ1) is 10.6. The number of aromatic nitrogens is 2. The minimum absolute atomic E-state index is 0.248. The summed E-state index contributed by atoms with van der Waals surface area (Å²) in [5.74, 6) is 0. The summed E-state index contributed by atoms with van der Waals surface area (Å²) in [5, 5.41) is 6.40. The number of rotatable bonds is 8. The maximum Gasteiger partial charge on any atom is 0.183 e. The van der Waals surface area contributed by atoms with Gasteiger partial charge in [0, 0.05) is 49.1 Å². The molecule has 22 heavy (non-hydrogen) atoms. The molecule has 0 amide bonds. The zero-order valence-corrected chi connectivity index (χ0v) is 14.8. The Hall–Kier alpha value is -1.37. The van der Waals surface area contributed by atoms with Crippen molar-refractivity contribution in [2.45, 2.75) is 33.4 Å². The molecular weight excluding hydrogens is 298 g/mol. The van der Waals surface area contributed by atoms with Crippen LogP contribution in [0.3, 0.4) is 0 Å². The monoisotopic (exact) mass is 323 g/mol. The molecule has 5 nitrogen and oxygen atoms in total. The van der Waals surface area contributed by atoms with Gasteiger partial charge in [-0.3, -0.25) is 0 Å². The van der Waals surface area contributed by atoms with Crippen LogP contribution in [0.15, 0.2) is 11.4 Å². The Bertz CT molecular complexity index is 607. The average Bonchev–Trinajstić information content (AvgIpc) is 3.03. The van der Waals surface area contributed by atoms with E-state index in [-0.39, 0.29) is 6.04 Å². The second-order valence-electron chi connectivity index (χ2n) is 5.47. The van der Waals surface area contributed by atoms with Crippen LogP contribution in [0.1, 0.15) is 18.3 Å². The Morgan fingerprint density at radius 3 is 2.77 bits per heavy atom. The number of anilines is 1. The van der Waals surface area contributed by atoms with Gasteiger partial charge in [-0.2, -0.15) is 0 Å². The number of hydrogen-bond donors (Lipinski definition) is 1. The molecule has 0 bridgehead atoms. The van der Waals surface area contributed by atoms with Gasteiger partial charge in [0.25, 0.3) is 0 Å². The molecule has 2 aromatic heterocycles. The van der Waals surface area contributed by atoms with Crippen LogP contribution in [0.5, 0.6) is 0 Å². The van der Waals surface area contributed by atoms with Gasteiger partial charge in [0.05, 0.1) is 18.9 Å². The number of nitrogens with one attached hydrogen (secondary N) is 1. The zero-order chi connectivity index (χ0) is 16.1. The number of hydrogen-bond acceptors (Lipinski definition) is 5. The van der Waals surface area contributed by atoms with Gasteiger partial charge in [0.1, 0.15) is 0 Å². The van der Waals surface area contributed by atoms with Crippen molar-refractivity contribution in [2.75, 3.05) is 32.8 Å². The third-order valence-electron chi connectivity index (χ3n) is 3.66. The molecule has 0 aliphatic carbocycles. The number of nitrogens with zero attached hydrogens (tertiary/aromatic N) is 2. The Kier molecular flexibility index (Phi) is 5.99. The summed E-state index contributed by atoms with van der Waals surface area (Å²) in [7, 11) is 3.44. The fourth-order valence-electron chi connectivity index (χ4n) is 2.55. The van der Waals surface area contributed by atoms with E-state index < -0.39 is 0 Å². The minimum atomic E-state index is 0.248. The minimum Gasteiger partial charge on any atom is -0.383 e. The van der Waals surface area contributed by atoms with Crippen LogP contribution in [0.25, 0.3) is 11.3 Å². The topological polar surface area (TPSA) is 48.3 Å². The summed E-state index contributed by atoms with van der Waals surface area (Å²) in [6.07, 6.45) is 0. The van der Waals surface area contributed by atoms with E-state index in [0.29, 0.717) is 13.2 Å². The van der Waals surface area contributed by atoms with Crippen molar-refractivity contribution in [2.24, 2.45) is 0 Å². The highest BCUT2D eigenvalue weighted by molar-refractivity contribution is 7.14. The van der Waals surface area contributed by atoms with Crippen molar-refractivity contribution in [3.8, 4) is 11.3 Å². The second kappa shape index (κ2) is 7.76. The molecule has 0 fully saturated rings. The Morgan fingerprint density at radius 2 is 2.09 bits per heavy atom. The van der Waals surface area contributed by atoms with E-state index in [0.717, 1.165) is 17.4 Å². The summed E-state index contributed by atoms with van der Waals surface area (Å²) in [4.78, 5) is 4.71. The number of methoxy groups -OCH3 is 2. The maximum atomic E-state index is 5.19. The second-order valence-corrected chi connectivity index (χ2v) is 6.33. The van der Waals surface area contributed by atoms with Crippen LogP contribution in [-0.2, 0) is 16.0 Å². The molecule has 2 rings (SSSR count). The van der Waals surface area contributed by atoms with Gasteiger partial charge < -0.3 is 19.4 Å². The first-order valence-electron chi connectivity index (χ1n) is 7.43. The lowest BCUT2D eigenvalue weighted by Crippen LogP contribution is -2.20. The molecule has 1 N–H and O–H groups in total. The summed E-state index contributed by atoms with van der Waals surface area (Å²) in [6, 6.07) is 2.45. The van der Waals surface area contributed by atoms with Crippen LogP contribution < -0.4 is 5.32 Å². The predicted molar refractivity (Wildman–Crippen MR) is 91.9 cm³/mol. The maximum absolute atomic E-state index is 5.19. The lowest BCUT2D eigenvalue weighted by Gasteiger charge is -2.10. The predicted octanol–water partition coefficient (Wildman–Crippen LogP) is 3.32. The Morgan fingerprint density at radius 1 is 1.32 bits per heavy atom. The zero-order valence-electron chi connectivity index (χ0n) is 14.0. The van der Waals surface area contributed by atoms with Crippen LogP contribution in [-0.4, -0.2) is 43.0 Å². The average molecular weight is 323 g/mol. The summed E-state index contributed by atoms with van der Waals surface area (Å²) in [5.41, 5.74) is 4.68. The molecule has 6 heteroatoms. The molecule has 0 spiro atoms. The van der Waals surface area contributed by atoms with Crippen molar-refractivity contribution in [1.29, 1.82) is 0 Å². The van der Waals surface area contributed by atoms with E-state index >= 15 is 0 Å². The number of thiazole rings is 1. The smallest absolute Gasteiger partial charge is 0.183 e. The van der Waals surface area contributed by atoms with Gasteiger partial charge in [-0.05, 0) is 26.8 Å². The van der Waals surface area contributed by atoms with E-state index in [1.165, 1.54) is 17.0 Å². The standard InChI is InChI=1S/C16H25N3O2S/c1-11(9-21-5)17-16-18-15(10-22-16)14-8-12(2)19(13(14)3)6-7-20-4/h8,10-11H,6-7,9H2,1-5H3,(H,17,18)/t11-/m0/s1. The SMILES string of the molecule is COCCn1c(C)cc(-c2csc(N[C@@H](C)COC)n2)c1C. The third-order valence-corrected chi connectivity index (χ3v) is 4.43. The molecule has 0 radical (unpaired) electrons. The molecular formula is C16H25N3O2S. The fraction of sp³-hybridized carbons (Fsp3) is 0.562. The lowest BCUT2D eigenvalue weighted by atomic mass is 10.2. The van der Waals surface area contributed by atoms with Gasteiger partial charge in [0.15, 0.2) is 5.13 Å². The third kappa shape index (κ3) is 3.88.